The molecule has 3 aromatic rings. The minimum absolute atomic E-state index is 0.0427. The van der Waals surface area contributed by atoms with Crippen molar-refractivity contribution in [2.75, 3.05) is 38.0 Å². The highest BCUT2D eigenvalue weighted by atomic mass is 19.4. The van der Waals surface area contributed by atoms with Crippen molar-refractivity contribution in [3.63, 3.8) is 0 Å². The van der Waals surface area contributed by atoms with E-state index in [2.05, 4.69) is 27.4 Å². The lowest BCUT2D eigenvalue weighted by molar-refractivity contribution is -0.138. The number of rotatable bonds is 7. The van der Waals surface area contributed by atoms with Crippen LogP contribution in [0.4, 0.5) is 19.0 Å². The first kappa shape index (κ1) is 29.3. The minimum Gasteiger partial charge on any atom is -0.465 e. The number of carbonyl (C=O) groups is 2. The summed E-state index contributed by atoms with van der Waals surface area (Å²) in [6, 6.07) is 10.6. The van der Waals surface area contributed by atoms with Gasteiger partial charge >= 0.3 is 6.18 Å². The number of nitrogens with one attached hydrogen (secondary N) is 2. The molecule has 0 radical (unpaired) electrons. The Hall–Kier alpha value is -4.42. The Balaban J connectivity index is 1.05. The topological polar surface area (TPSA) is 96.0 Å². The van der Waals surface area contributed by atoms with Crippen LogP contribution < -0.4 is 20.1 Å². The van der Waals surface area contributed by atoms with Gasteiger partial charge in [-0.05, 0) is 60.5 Å². The molecule has 1 saturated carbocycles. The van der Waals surface area contributed by atoms with E-state index in [9.17, 15) is 22.8 Å². The van der Waals surface area contributed by atoms with Gasteiger partial charge in [-0.15, -0.1) is 0 Å². The summed E-state index contributed by atoms with van der Waals surface area (Å²) in [5, 5.41) is 5.66. The molecule has 7 rings (SSSR count). The van der Waals surface area contributed by atoms with Crippen LogP contribution in [0.2, 0.25) is 0 Å². The lowest BCUT2D eigenvalue weighted by Crippen LogP contribution is -2.45. The van der Waals surface area contributed by atoms with Crippen LogP contribution in [0.25, 0.3) is 0 Å². The molecule has 4 heterocycles. The van der Waals surface area contributed by atoms with Gasteiger partial charge in [0.2, 0.25) is 5.91 Å². The van der Waals surface area contributed by atoms with Gasteiger partial charge < -0.3 is 25.0 Å². The van der Waals surface area contributed by atoms with Gasteiger partial charge in [-0.1, -0.05) is 13.0 Å². The second-order valence-electron chi connectivity index (χ2n) is 11.7. The number of hydrogen-bond donors (Lipinski definition) is 2. The van der Waals surface area contributed by atoms with Crippen molar-refractivity contribution in [2.45, 2.75) is 44.4 Å². The van der Waals surface area contributed by atoms with Crippen LogP contribution in [-0.2, 0) is 23.9 Å². The van der Waals surface area contributed by atoms with Crippen LogP contribution in [0.3, 0.4) is 0 Å². The number of halogens is 3. The first-order valence-corrected chi connectivity index (χ1v) is 15.1. The average Bonchev–Trinajstić information content (AvgIpc) is 3.73. The molecule has 3 aliphatic heterocycles. The molecule has 2 N–H and O–H groups in total. The van der Waals surface area contributed by atoms with E-state index in [4.69, 9.17) is 9.47 Å². The lowest BCUT2D eigenvalue weighted by Gasteiger charge is -2.34. The standard InChI is InChI=1S/C33H32F3N5O4/c1-2-40-11-13-41(14-12-40)17-20-4-3-19(15-25(20)33(34,35)36)32(43)39-30-24-18-44-26-7-5-21(16-23(26)29(24)30)45-27-9-10-37-31-22(27)6-8-28(42)38-31/h3-5,7,9-10,15-16,18,29-30H,2,6,8,11-14,17H2,1H3,(H,39,43)(H,37,38,42)/t29-,30-/m0/s1. The van der Waals surface area contributed by atoms with Gasteiger partial charge in [-0.3, -0.25) is 14.5 Å². The predicted octanol–water partition coefficient (Wildman–Crippen LogP) is 5.09. The Labute approximate surface area is 258 Å². The zero-order chi connectivity index (χ0) is 31.3. The van der Waals surface area contributed by atoms with Crippen molar-refractivity contribution in [3.8, 4) is 17.2 Å². The molecule has 0 bridgehead atoms. The third kappa shape index (κ3) is 5.87. The van der Waals surface area contributed by atoms with E-state index in [-0.39, 0.29) is 29.5 Å². The highest BCUT2D eigenvalue weighted by Crippen LogP contribution is 2.54. The molecule has 2 atom stereocenters. The summed E-state index contributed by atoms with van der Waals surface area (Å²) < 4.78 is 54.4. The molecule has 0 unspecified atom stereocenters. The van der Waals surface area contributed by atoms with Crippen molar-refractivity contribution in [2.24, 2.45) is 0 Å². The van der Waals surface area contributed by atoms with Crippen molar-refractivity contribution >= 4 is 17.6 Å². The van der Waals surface area contributed by atoms with Crippen molar-refractivity contribution in [1.29, 1.82) is 0 Å². The molecule has 4 aliphatic rings. The molecule has 12 heteroatoms. The summed E-state index contributed by atoms with van der Waals surface area (Å²) in [4.78, 5) is 33.5. The molecule has 9 nitrogen and oxygen atoms in total. The average molecular weight is 620 g/mol. The molecular weight excluding hydrogens is 587 g/mol. The Bertz CT molecular complexity index is 1700. The van der Waals surface area contributed by atoms with E-state index in [0.29, 0.717) is 49.0 Å². The summed E-state index contributed by atoms with van der Waals surface area (Å²) in [5.74, 6) is 1.36. The van der Waals surface area contributed by atoms with Crippen molar-refractivity contribution < 1.29 is 32.2 Å². The number of pyridine rings is 1. The summed E-state index contributed by atoms with van der Waals surface area (Å²) in [7, 11) is 0. The number of alkyl halides is 3. The molecule has 1 aromatic heterocycles. The van der Waals surface area contributed by atoms with Gasteiger partial charge in [0.05, 0.1) is 17.9 Å². The third-order valence-electron chi connectivity index (χ3n) is 8.95. The Kier molecular flexibility index (Phi) is 7.49. The zero-order valence-electron chi connectivity index (χ0n) is 24.6. The maximum absolute atomic E-state index is 14.1. The molecule has 2 aromatic carbocycles. The van der Waals surface area contributed by atoms with Crippen molar-refractivity contribution in [1.82, 2.24) is 20.1 Å². The molecule has 2 amide bonds. The molecule has 1 saturated heterocycles. The smallest absolute Gasteiger partial charge is 0.416 e. The molecule has 2 fully saturated rings. The second kappa shape index (κ2) is 11.5. The van der Waals surface area contributed by atoms with Gasteiger partial charge in [-0.25, -0.2) is 4.98 Å². The minimum atomic E-state index is -4.59. The Morgan fingerprint density at radius 1 is 1.09 bits per heavy atom. The fourth-order valence-corrected chi connectivity index (χ4v) is 6.35. The molecule has 234 valence electrons. The number of benzene rings is 2. The number of hydrogen-bond acceptors (Lipinski definition) is 7. The van der Waals surface area contributed by atoms with Crippen LogP contribution in [0.15, 0.2) is 60.5 Å². The Morgan fingerprint density at radius 3 is 2.67 bits per heavy atom. The largest absolute Gasteiger partial charge is 0.465 e. The van der Waals surface area contributed by atoms with Gasteiger partial charge in [0, 0.05) is 67.9 Å². The highest BCUT2D eigenvalue weighted by Gasteiger charge is 2.50. The summed E-state index contributed by atoms with van der Waals surface area (Å²) in [6.07, 6.45) is -0.583. The summed E-state index contributed by atoms with van der Waals surface area (Å²) in [6.45, 7) is 6.22. The van der Waals surface area contributed by atoms with Crippen LogP contribution in [-0.4, -0.2) is 65.4 Å². The third-order valence-corrected chi connectivity index (χ3v) is 8.95. The number of anilines is 1. The monoisotopic (exact) mass is 619 g/mol. The first-order chi connectivity index (χ1) is 21.7. The van der Waals surface area contributed by atoms with E-state index in [1.807, 2.05) is 11.0 Å². The maximum atomic E-state index is 14.1. The van der Waals surface area contributed by atoms with Gasteiger partial charge in [0.15, 0.2) is 0 Å². The number of likely N-dealkylation sites (N-methyl/N-ethyl adjacent to an activating group) is 1. The summed E-state index contributed by atoms with van der Waals surface area (Å²) >= 11 is 0. The van der Waals surface area contributed by atoms with E-state index >= 15 is 0 Å². The van der Waals surface area contributed by atoms with E-state index in [1.54, 1.807) is 30.7 Å². The fraction of sp³-hybridized carbons (Fsp3) is 0.364. The normalized spacial score (nSPS) is 21.0. The molecular formula is C33H32F3N5O4. The zero-order valence-corrected chi connectivity index (χ0v) is 24.6. The highest BCUT2D eigenvalue weighted by molar-refractivity contribution is 5.96. The fourth-order valence-electron chi connectivity index (χ4n) is 6.35. The first-order valence-electron chi connectivity index (χ1n) is 15.1. The quantitative estimate of drug-likeness (QED) is 0.381. The van der Waals surface area contributed by atoms with Gasteiger partial charge in [0.1, 0.15) is 23.1 Å². The van der Waals surface area contributed by atoms with Crippen LogP contribution in [0, 0.1) is 0 Å². The van der Waals surface area contributed by atoms with Crippen LogP contribution in [0.1, 0.15) is 51.9 Å². The number of nitrogens with zero attached hydrogens (tertiary/aromatic N) is 3. The number of piperazine rings is 1. The van der Waals surface area contributed by atoms with E-state index in [1.165, 1.54) is 12.1 Å². The van der Waals surface area contributed by atoms with Gasteiger partial charge in [-0.2, -0.15) is 13.2 Å². The number of carbonyl (C=O) groups excluding carboxylic acids is 2. The number of ether oxygens (including phenoxy) is 2. The number of aromatic nitrogens is 1. The molecule has 1 aliphatic carbocycles. The molecule has 45 heavy (non-hydrogen) atoms. The summed E-state index contributed by atoms with van der Waals surface area (Å²) in [5.41, 5.74) is 1.79. The van der Waals surface area contributed by atoms with Gasteiger partial charge in [0.25, 0.3) is 5.91 Å². The van der Waals surface area contributed by atoms with Crippen molar-refractivity contribution in [3.05, 3.63) is 88.3 Å². The number of amides is 2. The van der Waals surface area contributed by atoms with Crippen LogP contribution in [0.5, 0.6) is 17.2 Å². The SMILES string of the molecule is CCN1CCN(Cc2ccc(C(=O)N[C@H]3C4=COc5ccc(Oc6ccnc7c6CCC(=O)N7)cc5[C@@H]43)cc2C(F)(F)F)CC1. The maximum Gasteiger partial charge on any atom is 0.416 e. The van der Waals surface area contributed by atoms with E-state index in [0.717, 1.165) is 42.4 Å². The lowest BCUT2D eigenvalue weighted by atomic mass is 10.0. The number of fused-ring (bicyclic) bond motifs is 4. The Morgan fingerprint density at radius 2 is 1.89 bits per heavy atom. The predicted molar refractivity (Wildman–Crippen MR) is 159 cm³/mol. The van der Waals surface area contributed by atoms with Crippen LogP contribution >= 0.6 is 0 Å². The van der Waals surface area contributed by atoms with E-state index < -0.39 is 23.7 Å². The second-order valence-corrected chi connectivity index (χ2v) is 11.7. The molecule has 0 spiro atoms.